The number of carbonyl (C=O) groups is 1. The van der Waals surface area contributed by atoms with E-state index < -0.39 is 0 Å². The van der Waals surface area contributed by atoms with Gasteiger partial charge in [0.2, 0.25) is 0 Å². The summed E-state index contributed by atoms with van der Waals surface area (Å²) in [7, 11) is 1.62. The second-order valence-electron chi connectivity index (χ2n) is 7.56. The summed E-state index contributed by atoms with van der Waals surface area (Å²) in [6.45, 7) is 2.25. The number of benzene rings is 1. The first kappa shape index (κ1) is 19.4. The van der Waals surface area contributed by atoms with E-state index in [4.69, 9.17) is 4.74 Å². The van der Waals surface area contributed by atoms with Crippen LogP contribution in [0.3, 0.4) is 0 Å². The van der Waals surface area contributed by atoms with Crippen LogP contribution in [0.5, 0.6) is 0 Å². The van der Waals surface area contributed by atoms with Crippen molar-refractivity contribution < 1.29 is 9.53 Å². The van der Waals surface area contributed by atoms with Gasteiger partial charge in [-0.05, 0) is 49.9 Å². The Morgan fingerprint density at radius 3 is 2.68 bits per heavy atom. The van der Waals surface area contributed by atoms with Crippen molar-refractivity contribution in [3.63, 3.8) is 0 Å². The zero-order valence-electron chi connectivity index (χ0n) is 16.0. The van der Waals surface area contributed by atoms with Crippen molar-refractivity contribution in [3.8, 4) is 0 Å². The maximum atomic E-state index is 12.9. The molecule has 1 aromatic heterocycles. The Hall–Kier alpha value is -1.93. The van der Waals surface area contributed by atoms with Crippen molar-refractivity contribution in [2.75, 3.05) is 26.8 Å². The van der Waals surface area contributed by atoms with Crippen LogP contribution in [-0.4, -0.2) is 52.0 Å². The Morgan fingerprint density at radius 2 is 2.00 bits per heavy atom. The summed E-state index contributed by atoms with van der Waals surface area (Å²) in [6, 6.07) is 7.72. The zero-order valence-corrected chi connectivity index (χ0v) is 17.6. The Labute approximate surface area is 172 Å². The van der Waals surface area contributed by atoms with Crippen molar-refractivity contribution in [3.05, 3.63) is 50.6 Å². The molecular weight excluding hydrogens is 424 g/mol. The number of nitrogens with zero attached hydrogens (tertiary/aromatic N) is 4. The molecule has 0 radical (unpaired) electrons. The predicted octanol–water partition coefficient (Wildman–Crippen LogP) is 2.81. The summed E-state index contributed by atoms with van der Waals surface area (Å²) in [6.07, 6.45) is 3.91. The fraction of sp³-hybridized carbons (Fsp3) is 0.550. The van der Waals surface area contributed by atoms with E-state index in [0.717, 1.165) is 42.5 Å². The van der Waals surface area contributed by atoms with Gasteiger partial charge < -0.3 is 9.64 Å². The molecule has 7 nitrogen and oxygen atoms in total. The van der Waals surface area contributed by atoms with Gasteiger partial charge in [0, 0.05) is 42.2 Å². The van der Waals surface area contributed by atoms with Gasteiger partial charge in [-0.3, -0.25) is 9.36 Å². The molecule has 0 spiro atoms. The van der Waals surface area contributed by atoms with Crippen LogP contribution < -0.4 is 5.69 Å². The Bertz CT molecular complexity index is 901. The average molecular weight is 449 g/mol. The zero-order chi connectivity index (χ0) is 19.7. The predicted molar refractivity (Wildman–Crippen MR) is 109 cm³/mol. The second kappa shape index (κ2) is 8.21. The molecule has 2 aromatic rings. The monoisotopic (exact) mass is 448 g/mol. The molecule has 150 valence electrons. The number of hydrogen-bond donors (Lipinski definition) is 0. The van der Waals surface area contributed by atoms with E-state index in [1.807, 2.05) is 33.7 Å². The Morgan fingerprint density at radius 1 is 1.25 bits per heavy atom. The van der Waals surface area contributed by atoms with Crippen LogP contribution in [0.2, 0.25) is 0 Å². The molecule has 1 aliphatic carbocycles. The molecule has 2 fully saturated rings. The fourth-order valence-corrected chi connectivity index (χ4v) is 4.13. The standard InChI is InChI=1S/C20H25BrN4O3/c1-28-12-11-24-20(27)25(17-8-9-17)18(22-24)15-3-2-10-23(13-15)19(26)14-4-6-16(21)7-5-14/h4-7,15,17H,2-3,8-13H2,1H3. The van der Waals surface area contributed by atoms with Gasteiger partial charge in [0.05, 0.1) is 13.2 Å². The van der Waals surface area contributed by atoms with Crippen LogP contribution >= 0.6 is 15.9 Å². The van der Waals surface area contributed by atoms with Crippen LogP contribution in [-0.2, 0) is 11.3 Å². The number of piperidine rings is 1. The lowest BCUT2D eigenvalue weighted by molar-refractivity contribution is 0.0703. The van der Waals surface area contributed by atoms with Gasteiger partial charge in [-0.15, -0.1) is 0 Å². The first-order valence-corrected chi connectivity index (χ1v) is 10.6. The number of ether oxygens (including phenoxy) is 1. The molecule has 8 heteroatoms. The maximum Gasteiger partial charge on any atom is 0.346 e. The Kier molecular flexibility index (Phi) is 5.68. The van der Waals surface area contributed by atoms with Crippen molar-refractivity contribution in [2.45, 2.75) is 44.2 Å². The molecular formula is C20H25BrN4O3. The normalized spacial score (nSPS) is 19.8. The quantitative estimate of drug-likeness (QED) is 0.680. The minimum Gasteiger partial charge on any atom is -0.383 e. The number of amides is 1. The first-order valence-electron chi connectivity index (χ1n) is 9.81. The lowest BCUT2D eigenvalue weighted by Crippen LogP contribution is -2.40. The summed E-state index contributed by atoms with van der Waals surface area (Å²) < 4.78 is 9.46. The molecule has 1 atom stereocenters. The van der Waals surface area contributed by atoms with E-state index in [9.17, 15) is 9.59 Å². The second-order valence-corrected chi connectivity index (χ2v) is 8.47. The summed E-state index contributed by atoms with van der Waals surface area (Å²) >= 11 is 3.41. The van der Waals surface area contributed by atoms with Crippen LogP contribution in [0.4, 0.5) is 0 Å². The first-order chi connectivity index (χ1) is 13.6. The summed E-state index contributed by atoms with van der Waals surface area (Å²) in [5.41, 5.74) is 0.639. The van der Waals surface area contributed by atoms with Crippen molar-refractivity contribution in [2.24, 2.45) is 0 Å². The number of rotatable bonds is 6. The minimum absolute atomic E-state index is 0.0383. The highest BCUT2D eigenvalue weighted by atomic mass is 79.9. The van der Waals surface area contributed by atoms with E-state index in [1.165, 1.54) is 4.68 Å². The molecule has 2 aliphatic rings. The highest BCUT2D eigenvalue weighted by Gasteiger charge is 2.35. The minimum atomic E-state index is -0.0501. The molecule has 0 N–H and O–H groups in total. The summed E-state index contributed by atoms with van der Waals surface area (Å²) in [5, 5.41) is 4.65. The van der Waals surface area contributed by atoms with E-state index >= 15 is 0 Å². The molecule has 1 saturated heterocycles. The molecule has 28 heavy (non-hydrogen) atoms. The maximum absolute atomic E-state index is 12.9. The molecule has 1 amide bonds. The highest BCUT2D eigenvalue weighted by molar-refractivity contribution is 9.10. The molecule has 1 unspecified atom stereocenters. The largest absolute Gasteiger partial charge is 0.383 e. The lowest BCUT2D eigenvalue weighted by atomic mass is 9.96. The number of halogens is 1. The lowest BCUT2D eigenvalue weighted by Gasteiger charge is -2.32. The van der Waals surface area contributed by atoms with Crippen molar-refractivity contribution in [1.29, 1.82) is 0 Å². The van der Waals surface area contributed by atoms with Crippen LogP contribution in [0.15, 0.2) is 33.5 Å². The molecule has 0 bridgehead atoms. The molecule has 2 heterocycles. The van der Waals surface area contributed by atoms with E-state index in [2.05, 4.69) is 21.0 Å². The fourth-order valence-electron chi connectivity index (χ4n) is 3.86. The number of methoxy groups -OCH3 is 1. The Balaban J connectivity index is 1.56. The van der Waals surface area contributed by atoms with Gasteiger partial charge in [-0.1, -0.05) is 15.9 Å². The van der Waals surface area contributed by atoms with Gasteiger partial charge >= 0.3 is 5.69 Å². The highest BCUT2D eigenvalue weighted by Crippen LogP contribution is 2.37. The van der Waals surface area contributed by atoms with E-state index in [-0.39, 0.29) is 23.6 Å². The van der Waals surface area contributed by atoms with Gasteiger partial charge in [0.25, 0.3) is 5.91 Å². The summed E-state index contributed by atoms with van der Waals surface area (Å²) in [5.74, 6) is 0.957. The molecule has 1 aromatic carbocycles. The number of likely N-dealkylation sites (tertiary alicyclic amines) is 1. The van der Waals surface area contributed by atoms with Crippen LogP contribution in [0.1, 0.15) is 53.8 Å². The van der Waals surface area contributed by atoms with Crippen LogP contribution in [0.25, 0.3) is 0 Å². The van der Waals surface area contributed by atoms with Gasteiger partial charge in [0.1, 0.15) is 5.82 Å². The number of carbonyl (C=O) groups excluding carboxylic acids is 1. The molecule has 1 aliphatic heterocycles. The average Bonchev–Trinajstić information content (AvgIpc) is 3.50. The van der Waals surface area contributed by atoms with Crippen molar-refractivity contribution >= 4 is 21.8 Å². The smallest absolute Gasteiger partial charge is 0.346 e. The summed E-state index contributed by atoms with van der Waals surface area (Å²) in [4.78, 5) is 27.6. The molecule has 4 rings (SSSR count). The molecule has 1 saturated carbocycles. The topological polar surface area (TPSA) is 69.4 Å². The van der Waals surface area contributed by atoms with Crippen LogP contribution in [0, 0.1) is 0 Å². The number of aromatic nitrogens is 3. The van der Waals surface area contributed by atoms with E-state index in [1.54, 1.807) is 7.11 Å². The van der Waals surface area contributed by atoms with Gasteiger partial charge in [-0.25, -0.2) is 9.48 Å². The SMILES string of the molecule is COCCn1nc(C2CCCN(C(=O)c3ccc(Br)cc3)C2)n(C2CC2)c1=O. The van der Waals surface area contributed by atoms with Crippen molar-refractivity contribution in [1.82, 2.24) is 19.2 Å². The van der Waals surface area contributed by atoms with Gasteiger partial charge in [-0.2, -0.15) is 5.10 Å². The third-order valence-electron chi connectivity index (χ3n) is 5.48. The third-order valence-corrected chi connectivity index (χ3v) is 6.01. The van der Waals surface area contributed by atoms with Gasteiger partial charge in [0.15, 0.2) is 0 Å². The third kappa shape index (κ3) is 3.93. The number of hydrogen-bond acceptors (Lipinski definition) is 4. The van der Waals surface area contributed by atoms with E-state index in [0.29, 0.717) is 25.3 Å².